The Bertz CT molecular complexity index is 833. The van der Waals surface area contributed by atoms with Crippen molar-refractivity contribution in [2.75, 3.05) is 0 Å². The predicted octanol–water partition coefficient (Wildman–Crippen LogP) is 1.41. The molecule has 2 rings (SSSR count). The Kier molecular flexibility index (Phi) is 4.35. The van der Waals surface area contributed by atoms with Crippen LogP contribution < -0.4 is 0 Å². The summed E-state index contributed by atoms with van der Waals surface area (Å²) in [7, 11) is -4.02. The average Bonchev–Trinajstić information content (AvgIpc) is 2.74. The number of aliphatic hydroxyl groups is 1. The Hall–Kier alpha value is -2.17. The van der Waals surface area contributed by atoms with Crippen LogP contribution in [-0.4, -0.2) is 28.6 Å². The SMILES string of the molecule is C#CC(O)Cc1c(F)nc(C)n1S(=O)(=O)c1ccc(C)cc1. The Labute approximate surface area is 128 Å². The molecule has 22 heavy (non-hydrogen) atoms. The van der Waals surface area contributed by atoms with Crippen molar-refractivity contribution in [1.82, 2.24) is 8.96 Å². The second-order valence-corrected chi connectivity index (χ2v) is 6.65. The van der Waals surface area contributed by atoms with Gasteiger partial charge in [-0.05, 0) is 26.0 Å². The first-order valence-corrected chi connectivity index (χ1v) is 7.91. The van der Waals surface area contributed by atoms with E-state index in [-0.39, 0.29) is 22.8 Å². The van der Waals surface area contributed by atoms with Gasteiger partial charge in [-0.25, -0.2) is 17.4 Å². The molecule has 1 atom stereocenters. The first-order chi connectivity index (χ1) is 10.3. The topological polar surface area (TPSA) is 72.2 Å². The van der Waals surface area contributed by atoms with E-state index in [1.807, 2.05) is 12.8 Å². The molecule has 0 saturated heterocycles. The molecular weight excluding hydrogens is 307 g/mol. The van der Waals surface area contributed by atoms with Gasteiger partial charge in [0.05, 0.1) is 10.6 Å². The normalized spacial score (nSPS) is 12.9. The lowest BCUT2D eigenvalue weighted by Gasteiger charge is -2.12. The highest BCUT2D eigenvalue weighted by Gasteiger charge is 2.27. The molecule has 0 radical (unpaired) electrons. The molecule has 0 aliphatic carbocycles. The van der Waals surface area contributed by atoms with Gasteiger partial charge >= 0.3 is 0 Å². The van der Waals surface area contributed by atoms with E-state index in [0.29, 0.717) is 0 Å². The Balaban J connectivity index is 2.61. The van der Waals surface area contributed by atoms with Crippen molar-refractivity contribution in [3.8, 4) is 12.3 Å². The molecule has 0 amide bonds. The molecule has 1 heterocycles. The molecule has 5 nitrogen and oxygen atoms in total. The van der Waals surface area contributed by atoms with Gasteiger partial charge < -0.3 is 5.11 Å². The molecule has 0 aliphatic heterocycles. The number of rotatable bonds is 4. The number of benzene rings is 1. The Morgan fingerprint density at radius 2 is 1.95 bits per heavy atom. The number of hydrogen-bond donors (Lipinski definition) is 1. The lowest BCUT2D eigenvalue weighted by atomic mass is 10.2. The molecule has 0 fully saturated rings. The fraction of sp³-hybridized carbons (Fsp3) is 0.267. The van der Waals surface area contributed by atoms with Crippen molar-refractivity contribution in [3.05, 3.63) is 47.3 Å². The molecule has 1 aromatic heterocycles. The maximum atomic E-state index is 13.9. The van der Waals surface area contributed by atoms with Gasteiger partial charge in [-0.3, -0.25) is 0 Å². The molecule has 7 heteroatoms. The molecule has 0 aliphatic rings. The fourth-order valence-electron chi connectivity index (χ4n) is 2.07. The van der Waals surface area contributed by atoms with Gasteiger partial charge in [-0.1, -0.05) is 23.6 Å². The lowest BCUT2D eigenvalue weighted by Crippen LogP contribution is -2.20. The third kappa shape index (κ3) is 2.89. The van der Waals surface area contributed by atoms with Gasteiger partial charge in [0.1, 0.15) is 11.9 Å². The van der Waals surface area contributed by atoms with Crippen LogP contribution in [0.4, 0.5) is 4.39 Å². The molecule has 2 aromatic rings. The molecule has 1 aromatic carbocycles. The van der Waals surface area contributed by atoms with Crippen LogP contribution in [0, 0.1) is 32.1 Å². The highest BCUT2D eigenvalue weighted by atomic mass is 32.2. The smallest absolute Gasteiger partial charge is 0.269 e. The maximum absolute atomic E-state index is 13.9. The summed E-state index contributed by atoms with van der Waals surface area (Å²) in [5.74, 6) is 1.04. The number of aryl methyl sites for hydroxylation is 2. The highest BCUT2D eigenvalue weighted by Crippen LogP contribution is 2.21. The van der Waals surface area contributed by atoms with Crippen LogP contribution in [0.1, 0.15) is 17.1 Å². The quantitative estimate of drug-likeness (QED) is 0.864. The summed E-state index contributed by atoms with van der Waals surface area (Å²) in [5, 5.41) is 9.50. The largest absolute Gasteiger partial charge is 0.380 e. The zero-order valence-electron chi connectivity index (χ0n) is 12.1. The summed E-state index contributed by atoms with van der Waals surface area (Å²) in [6, 6.07) is 6.16. The van der Waals surface area contributed by atoms with Crippen LogP contribution >= 0.6 is 0 Å². The monoisotopic (exact) mass is 322 g/mol. The fourth-order valence-corrected chi connectivity index (χ4v) is 3.59. The summed E-state index contributed by atoms with van der Waals surface area (Å²) in [6.07, 6.45) is 3.43. The number of imidazole rings is 1. The minimum atomic E-state index is -4.02. The van der Waals surface area contributed by atoms with Crippen molar-refractivity contribution >= 4 is 10.0 Å². The van der Waals surface area contributed by atoms with Gasteiger partial charge in [0, 0.05) is 6.42 Å². The van der Waals surface area contributed by atoms with Crippen molar-refractivity contribution in [3.63, 3.8) is 0 Å². The Morgan fingerprint density at radius 1 is 1.36 bits per heavy atom. The van der Waals surface area contributed by atoms with Crippen LogP contribution in [0.25, 0.3) is 0 Å². The van der Waals surface area contributed by atoms with E-state index in [9.17, 15) is 17.9 Å². The zero-order valence-corrected chi connectivity index (χ0v) is 12.9. The summed E-state index contributed by atoms with van der Waals surface area (Å²) >= 11 is 0. The van der Waals surface area contributed by atoms with Crippen molar-refractivity contribution in [2.45, 2.75) is 31.3 Å². The lowest BCUT2D eigenvalue weighted by molar-refractivity contribution is 0.230. The number of halogens is 1. The third-order valence-electron chi connectivity index (χ3n) is 3.18. The second-order valence-electron chi connectivity index (χ2n) is 4.87. The van der Waals surface area contributed by atoms with Crippen LogP contribution in [0.5, 0.6) is 0 Å². The van der Waals surface area contributed by atoms with E-state index in [2.05, 4.69) is 4.98 Å². The van der Waals surface area contributed by atoms with Gasteiger partial charge in [0.2, 0.25) is 5.95 Å². The molecule has 0 spiro atoms. The van der Waals surface area contributed by atoms with Gasteiger partial charge in [-0.2, -0.15) is 4.39 Å². The third-order valence-corrected chi connectivity index (χ3v) is 5.01. The minimum Gasteiger partial charge on any atom is -0.380 e. The summed E-state index contributed by atoms with van der Waals surface area (Å²) in [6.45, 7) is 3.20. The number of hydrogen-bond acceptors (Lipinski definition) is 4. The van der Waals surface area contributed by atoms with E-state index in [1.165, 1.54) is 19.1 Å². The summed E-state index contributed by atoms with van der Waals surface area (Å²) in [5.41, 5.74) is 0.638. The van der Waals surface area contributed by atoms with Crippen molar-refractivity contribution in [1.29, 1.82) is 0 Å². The van der Waals surface area contributed by atoms with E-state index >= 15 is 0 Å². The van der Waals surface area contributed by atoms with Crippen LogP contribution in [0.2, 0.25) is 0 Å². The first-order valence-electron chi connectivity index (χ1n) is 6.47. The standard InChI is InChI=1S/C15H15FN2O3S/c1-4-12(19)9-14-15(16)17-11(3)18(14)22(20,21)13-7-5-10(2)6-8-13/h1,5-8,12,19H,9H2,2-3H3. The number of aliphatic hydroxyl groups excluding tert-OH is 1. The number of nitrogens with zero attached hydrogens (tertiary/aromatic N) is 2. The van der Waals surface area contributed by atoms with Crippen LogP contribution in [0.3, 0.4) is 0 Å². The molecular formula is C15H15FN2O3S. The molecule has 116 valence electrons. The van der Waals surface area contributed by atoms with E-state index in [4.69, 9.17) is 6.42 Å². The zero-order chi connectivity index (χ0) is 16.5. The first kappa shape index (κ1) is 16.2. The summed E-state index contributed by atoms with van der Waals surface area (Å²) in [4.78, 5) is 3.55. The van der Waals surface area contributed by atoms with Gasteiger partial charge in [-0.15, -0.1) is 6.42 Å². The van der Waals surface area contributed by atoms with Crippen LogP contribution in [0.15, 0.2) is 29.2 Å². The van der Waals surface area contributed by atoms with E-state index in [0.717, 1.165) is 9.54 Å². The number of aromatic nitrogens is 2. The second kappa shape index (κ2) is 5.91. The van der Waals surface area contributed by atoms with Gasteiger partial charge in [0.25, 0.3) is 10.0 Å². The number of terminal acetylenes is 1. The predicted molar refractivity (Wildman–Crippen MR) is 79.2 cm³/mol. The molecule has 1 unspecified atom stereocenters. The van der Waals surface area contributed by atoms with Gasteiger partial charge in [0.15, 0.2) is 0 Å². The Morgan fingerprint density at radius 3 is 2.50 bits per heavy atom. The molecule has 0 bridgehead atoms. The summed E-state index contributed by atoms with van der Waals surface area (Å²) < 4.78 is 40.1. The van der Waals surface area contributed by atoms with Crippen LogP contribution in [-0.2, 0) is 16.4 Å². The van der Waals surface area contributed by atoms with E-state index in [1.54, 1.807) is 12.1 Å². The maximum Gasteiger partial charge on any atom is 0.269 e. The molecule has 1 N–H and O–H groups in total. The van der Waals surface area contributed by atoms with E-state index < -0.39 is 22.1 Å². The molecule has 0 saturated carbocycles. The minimum absolute atomic E-state index is 0.00930. The van der Waals surface area contributed by atoms with Crippen molar-refractivity contribution in [2.24, 2.45) is 0 Å². The van der Waals surface area contributed by atoms with Crippen molar-refractivity contribution < 1.29 is 17.9 Å². The average molecular weight is 322 g/mol. The highest BCUT2D eigenvalue weighted by molar-refractivity contribution is 7.90.